The highest BCUT2D eigenvalue weighted by atomic mass is 16.3. The van der Waals surface area contributed by atoms with E-state index in [1.54, 1.807) is 6.07 Å². The normalized spacial score (nSPS) is 22.5. The summed E-state index contributed by atoms with van der Waals surface area (Å²) in [7, 11) is 0. The Morgan fingerprint density at radius 3 is 2.90 bits per heavy atom. The van der Waals surface area contributed by atoms with Crippen LogP contribution in [0, 0.1) is 5.92 Å². The third-order valence-corrected chi connectivity index (χ3v) is 4.16. The molecule has 1 amide bonds. The number of nitrogens with two attached hydrogens (primary N) is 1. The average Bonchev–Trinajstić information content (AvgIpc) is 2.49. The summed E-state index contributed by atoms with van der Waals surface area (Å²) in [6, 6.07) is 3.27. The fraction of sp³-hybridized carbons (Fsp3) is 0.600. The van der Waals surface area contributed by atoms with Gasteiger partial charge in [0, 0.05) is 18.8 Å². The van der Waals surface area contributed by atoms with E-state index in [-0.39, 0.29) is 23.4 Å². The van der Waals surface area contributed by atoms with Gasteiger partial charge in [0.25, 0.3) is 5.91 Å². The monoisotopic (exact) mass is 277 g/mol. The minimum absolute atomic E-state index is 0.0592. The predicted octanol–water partition coefficient (Wildman–Crippen LogP) is 1.77. The maximum Gasteiger partial charge on any atom is 0.276 e. The Hall–Kier alpha value is -1.62. The van der Waals surface area contributed by atoms with Crippen LogP contribution < -0.4 is 5.73 Å². The van der Waals surface area contributed by atoms with Gasteiger partial charge in [-0.25, -0.2) is 4.98 Å². The van der Waals surface area contributed by atoms with Gasteiger partial charge < -0.3 is 15.7 Å². The van der Waals surface area contributed by atoms with Gasteiger partial charge in [0.1, 0.15) is 5.75 Å². The van der Waals surface area contributed by atoms with E-state index < -0.39 is 0 Å². The van der Waals surface area contributed by atoms with E-state index in [2.05, 4.69) is 4.98 Å². The zero-order valence-corrected chi connectivity index (χ0v) is 12.0. The lowest BCUT2D eigenvalue weighted by molar-refractivity contribution is 0.0551. The topological polar surface area (TPSA) is 79.5 Å². The van der Waals surface area contributed by atoms with Gasteiger partial charge in [0.05, 0.1) is 0 Å². The van der Waals surface area contributed by atoms with Crippen LogP contribution in [0.15, 0.2) is 18.3 Å². The zero-order valence-electron chi connectivity index (χ0n) is 12.0. The highest BCUT2D eigenvalue weighted by Crippen LogP contribution is 2.29. The maximum absolute atomic E-state index is 12.6. The van der Waals surface area contributed by atoms with Crippen molar-refractivity contribution in [2.75, 3.05) is 13.1 Å². The van der Waals surface area contributed by atoms with Crippen molar-refractivity contribution in [3.05, 3.63) is 24.0 Å². The van der Waals surface area contributed by atoms with Gasteiger partial charge in [-0.05, 0) is 44.4 Å². The first kappa shape index (κ1) is 14.8. The van der Waals surface area contributed by atoms with Crippen molar-refractivity contribution >= 4 is 5.91 Å². The quantitative estimate of drug-likeness (QED) is 0.879. The van der Waals surface area contributed by atoms with E-state index in [0.717, 1.165) is 19.3 Å². The standard InChI is InChI=1S/C15H23N3O2/c1-2-18(12-7-4-3-6-11(12)10-16)15(20)14-13(19)8-5-9-17-14/h5,8-9,11-12,19H,2-4,6-7,10,16H2,1H3. The number of carbonyl (C=O) groups excluding carboxylic acids is 1. The highest BCUT2D eigenvalue weighted by Gasteiger charge is 2.32. The number of nitrogens with zero attached hydrogens (tertiary/aromatic N) is 2. The Morgan fingerprint density at radius 1 is 1.50 bits per heavy atom. The van der Waals surface area contributed by atoms with Crippen LogP contribution in [0.25, 0.3) is 0 Å². The Labute approximate surface area is 119 Å². The Balaban J connectivity index is 2.23. The molecule has 0 aromatic carbocycles. The van der Waals surface area contributed by atoms with Gasteiger partial charge in [0.15, 0.2) is 5.69 Å². The van der Waals surface area contributed by atoms with Crippen LogP contribution in [0.4, 0.5) is 0 Å². The number of hydrogen-bond acceptors (Lipinski definition) is 4. The largest absolute Gasteiger partial charge is 0.505 e. The van der Waals surface area contributed by atoms with E-state index in [1.807, 2.05) is 11.8 Å². The first-order valence-corrected chi connectivity index (χ1v) is 7.34. The molecule has 1 aromatic heterocycles. The van der Waals surface area contributed by atoms with E-state index in [4.69, 9.17) is 5.73 Å². The molecule has 110 valence electrons. The maximum atomic E-state index is 12.6. The first-order chi connectivity index (χ1) is 9.69. The van der Waals surface area contributed by atoms with Crippen molar-refractivity contribution < 1.29 is 9.90 Å². The summed E-state index contributed by atoms with van der Waals surface area (Å²) in [5.41, 5.74) is 5.99. The summed E-state index contributed by atoms with van der Waals surface area (Å²) in [5.74, 6) is 0.0884. The number of hydrogen-bond donors (Lipinski definition) is 2. The second-order valence-electron chi connectivity index (χ2n) is 5.31. The van der Waals surface area contributed by atoms with Crippen molar-refractivity contribution in [2.45, 2.75) is 38.6 Å². The molecule has 1 aliphatic rings. The minimum Gasteiger partial charge on any atom is -0.505 e. The van der Waals surface area contributed by atoms with Crippen LogP contribution >= 0.6 is 0 Å². The number of aromatic nitrogens is 1. The Morgan fingerprint density at radius 2 is 2.25 bits per heavy atom. The third-order valence-electron chi connectivity index (χ3n) is 4.16. The molecule has 20 heavy (non-hydrogen) atoms. The molecule has 5 nitrogen and oxygen atoms in total. The summed E-state index contributed by atoms with van der Waals surface area (Å²) in [4.78, 5) is 18.5. The molecule has 1 aromatic rings. The summed E-state index contributed by atoms with van der Waals surface area (Å²) >= 11 is 0. The smallest absolute Gasteiger partial charge is 0.276 e. The molecule has 1 heterocycles. The Bertz CT molecular complexity index is 464. The highest BCUT2D eigenvalue weighted by molar-refractivity contribution is 5.95. The second-order valence-corrected chi connectivity index (χ2v) is 5.31. The van der Waals surface area contributed by atoms with Crippen molar-refractivity contribution in [2.24, 2.45) is 11.7 Å². The number of aromatic hydroxyl groups is 1. The molecule has 5 heteroatoms. The van der Waals surface area contributed by atoms with Crippen molar-refractivity contribution in [3.8, 4) is 5.75 Å². The fourth-order valence-corrected chi connectivity index (χ4v) is 3.10. The van der Waals surface area contributed by atoms with E-state index >= 15 is 0 Å². The third kappa shape index (κ3) is 2.93. The van der Waals surface area contributed by atoms with Crippen LogP contribution in [-0.4, -0.2) is 40.0 Å². The summed E-state index contributed by atoms with van der Waals surface area (Å²) in [5, 5.41) is 9.81. The van der Waals surface area contributed by atoms with Gasteiger partial charge in [-0.3, -0.25) is 4.79 Å². The number of rotatable bonds is 4. The van der Waals surface area contributed by atoms with Crippen molar-refractivity contribution in [1.29, 1.82) is 0 Å². The molecule has 1 aliphatic carbocycles. The lowest BCUT2D eigenvalue weighted by Crippen LogP contribution is -2.48. The minimum atomic E-state index is -0.198. The summed E-state index contributed by atoms with van der Waals surface area (Å²) < 4.78 is 0. The number of amides is 1. The first-order valence-electron chi connectivity index (χ1n) is 7.34. The number of carbonyl (C=O) groups is 1. The molecule has 1 saturated carbocycles. The molecule has 1 fully saturated rings. The van der Waals surface area contributed by atoms with Crippen LogP contribution in [-0.2, 0) is 0 Å². The van der Waals surface area contributed by atoms with Gasteiger partial charge in [0.2, 0.25) is 0 Å². The van der Waals surface area contributed by atoms with Gasteiger partial charge in [-0.1, -0.05) is 12.8 Å². The predicted molar refractivity (Wildman–Crippen MR) is 77.4 cm³/mol. The van der Waals surface area contributed by atoms with E-state index in [0.29, 0.717) is 19.0 Å². The molecule has 0 aliphatic heterocycles. The molecule has 2 unspecified atom stereocenters. The van der Waals surface area contributed by atoms with Gasteiger partial charge in [-0.15, -0.1) is 0 Å². The summed E-state index contributed by atoms with van der Waals surface area (Å²) in [6.07, 6.45) is 5.88. The number of pyridine rings is 1. The molecule has 2 atom stereocenters. The van der Waals surface area contributed by atoms with Crippen molar-refractivity contribution in [3.63, 3.8) is 0 Å². The van der Waals surface area contributed by atoms with Crippen LogP contribution in [0.1, 0.15) is 43.1 Å². The fourth-order valence-electron chi connectivity index (χ4n) is 3.10. The van der Waals surface area contributed by atoms with Crippen LogP contribution in [0.3, 0.4) is 0 Å². The molecule has 0 radical (unpaired) electrons. The average molecular weight is 277 g/mol. The molecule has 0 saturated heterocycles. The summed E-state index contributed by atoms with van der Waals surface area (Å²) in [6.45, 7) is 3.17. The lowest BCUT2D eigenvalue weighted by Gasteiger charge is -2.39. The van der Waals surface area contributed by atoms with Crippen LogP contribution in [0.5, 0.6) is 5.75 Å². The van der Waals surface area contributed by atoms with Crippen LogP contribution in [0.2, 0.25) is 0 Å². The van der Waals surface area contributed by atoms with E-state index in [9.17, 15) is 9.90 Å². The molecular weight excluding hydrogens is 254 g/mol. The molecular formula is C15H23N3O2. The van der Waals surface area contributed by atoms with Gasteiger partial charge in [-0.2, -0.15) is 0 Å². The Kier molecular flexibility index (Phi) is 4.95. The molecule has 2 rings (SSSR count). The molecule has 0 bridgehead atoms. The molecule has 0 spiro atoms. The second kappa shape index (κ2) is 6.70. The molecule has 3 N–H and O–H groups in total. The van der Waals surface area contributed by atoms with E-state index in [1.165, 1.54) is 18.7 Å². The van der Waals surface area contributed by atoms with Gasteiger partial charge >= 0.3 is 0 Å². The lowest BCUT2D eigenvalue weighted by atomic mass is 9.83. The zero-order chi connectivity index (χ0) is 14.5. The van der Waals surface area contributed by atoms with Crippen molar-refractivity contribution in [1.82, 2.24) is 9.88 Å². The SMILES string of the molecule is CCN(C(=O)c1ncccc1O)C1CCCCC1CN.